The van der Waals surface area contributed by atoms with Gasteiger partial charge in [0.25, 0.3) is 0 Å². The zero-order valence-corrected chi connectivity index (χ0v) is 11.6. The van der Waals surface area contributed by atoms with Crippen LogP contribution in [0.15, 0.2) is 45.5 Å². The lowest BCUT2D eigenvalue weighted by Crippen LogP contribution is -2.28. The van der Waals surface area contributed by atoms with Crippen molar-refractivity contribution in [1.82, 2.24) is 5.32 Å². The van der Waals surface area contributed by atoms with E-state index in [1.807, 2.05) is 6.07 Å². The fourth-order valence-corrected chi connectivity index (χ4v) is 2.63. The quantitative estimate of drug-likeness (QED) is 0.924. The standard InChI is InChI=1S/C14H15BrN2O/c15-12-5-8-18-14(12)10-17-7-6-16-9-11-3-1-2-4-13(11)17/h1-5,8,16H,6-7,9-10H2. The molecule has 0 saturated heterocycles. The fourth-order valence-electron chi connectivity index (χ4n) is 2.30. The molecule has 0 atom stereocenters. The smallest absolute Gasteiger partial charge is 0.137 e. The van der Waals surface area contributed by atoms with Gasteiger partial charge in [0.2, 0.25) is 0 Å². The van der Waals surface area contributed by atoms with Crippen molar-refractivity contribution >= 4 is 21.6 Å². The average Bonchev–Trinajstić information content (AvgIpc) is 2.68. The van der Waals surface area contributed by atoms with Crippen molar-refractivity contribution in [2.24, 2.45) is 0 Å². The van der Waals surface area contributed by atoms with Crippen LogP contribution in [0.5, 0.6) is 0 Å². The number of nitrogens with one attached hydrogen (secondary N) is 1. The molecule has 1 aromatic carbocycles. The number of para-hydroxylation sites is 1. The second kappa shape index (κ2) is 5.16. The van der Waals surface area contributed by atoms with Crippen LogP contribution in [0.3, 0.4) is 0 Å². The number of hydrogen-bond acceptors (Lipinski definition) is 3. The first kappa shape index (κ1) is 11.8. The molecule has 0 unspecified atom stereocenters. The monoisotopic (exact) mass is 306 g/mol. The van der Waals surface area contributed by atoms with Crippen molar-refractivity contribution in [2.45, 2.75) is 13.1 Å². The van der Waals surface area contributed by atoms with Crippen molar-refractivity contribution in [2.75, 3.05) is 18.0 Å². The summed E-state index contributed by atoms with van der Waals surface area (Å²) in [5.74, 6) is 0.978. The lowest BCUT2D eigenvalue weighted by molar-refractivity contribution is 0.499. The Labute approximate surface area is 115 Å². The largest absolute Gasteiger partial charge is 0.466 e. The number of nitrogens with zero attached hydrogens (tertiary/aromatic N) is 1. The fraction of sp³-hybridized carbons (Fsp3) is 0.286. The highest BCUT2D eigenvalue weighted by molar-refractivity contribution is 9.10. The highest BCUT2D eigenvalue weighted by atomic mass is 79.9. The van der Waals surface area contributed by atoms with Crippen LogP contribution in [0.25, 0.3) is 0 Å². The zero-order valence-electron chi connectivity index (χ0n) is 10.0. The molecule has 0 saturated carbocycles. The normalized spacial score (nSPS) is 15.3. The summed E-state index contributed by atoms with van der Waals surface area (Å²) in [7, 11) is 0. The van der Waals surface area contributed by atoms with E-state index < -0.39 is 0 Å². The van der Waals surface area contributed by atoms with Crippen molar-refractivity contribution in [3.05, 3.63) is 52.4 Å². The molecule has 3 rings (SSSR count). The molecule has 1 aliphatic heterocycles. The Bertz CT molecular complexity index is 538. The van der Waals surface area contributed by atoms with Crippen LogP contribution < -0.4 is 10.2 Å². The Hall–Kier alpha value is -1.26. The van der Waals surface area contributed by atoms with E-state index in [9.17, 15) is 0 Å². The molecule has 2 aromatic rings. The van der Waals surface area contributed by atoms with E-state index in [4.69, 9.17) is 4.42 Å². The summed E-state index contributed by atoms with van der Waals surface area (Å²) in [4.78, 5) is 2.36. The van der Waals surface area contributed by atoms with Crippen molar-refractivity contribution < 1.29 is 4.42 Å². The molecule has 3 nitrogen and oxygen atoms in total. The molecule has 1 aliphatic rings. The number of anilines is 1. The van der Waals surface area contributed by atoms with Crippen LogP contribution in [0.1, 0.15) is 11.3 Å². The van der Waals surface area contributed by atoms with Gasteiger partial charge in [-0.25, -0.2) is 0 Å². The average molecular weight is 307 g/mol. The van der Waals surface area contributed by atoms with Crippen LogP contribution >= 0.6 is 15.9 Å². The third-order valence-corrected chi connectivity index (χ3v) is 3.94. The highest BCUT2D eigenvalue weighted by Crippen LogP contribution is 2.26. The van der Waals surface area contributed by atoms with E-state index >= 15 is 0 Å². The van der Waals surface area contributed by atoms with Crippen LogP contribution in [0.4, 0.5) is 5.69 Å². The number of furan rings is 1. The molecule has 18 heavy (non-hydrogen) atoms. The lowest BCUT2D eigenvalue weighted by Gasteiger charge is -2.23. The number of benzene rings is 1. The number of fused-ring (bicyclic) bond motifs is 1. The van der Waals surface area contributed by atoms with Crippen molar-refractivity contribution in [3.63, 3.8) is 0 Å². The van der Waals surface area contributed by atoms with Crippen LogP contribution in [0.2, 0.25) is 0 Å². The zero-order chi connectivity index (χ0) is 12.4. The van der Waals surface area contributed by atoms with Crippen LogP contribution in [-0.2, 0) is 13.1 Å². The minimum absolute atomic E-state index is 0.798. The summed E-state index contributed by atoms with van der Waals surface area (Å²) >= 11 is 3.52. The first-order valence-electron chi connectivity index (χ1n) is 6.10. The lowest BCUT2D eigenvalue weighted by atomic mass is 10.1. The Kier molecular flexibility index (Phi) is 3.39. The van der Waals surface area contributed by atoms with E-state index in [0.29, 0.717) is 0 Å². The number of halogens is 1. The molecule has 2 heterocycles. The van der Waals surface area contributed by atoms with Gasteiger partial charge in [-0.1, -0.05) is 18.2 Å². The van der Waals surface area contributed by atoms with E-state index in [1.165, 1.54) is 11.3 Å². The van der Waals surface area contributed by atoms with Gasteiger partial charge in [0, 0.05) is 25.3 Å². The van der Waals surface area contributed by atoms with E-state index in [1.54, 1.807) is 6.26 Å². The van der Waals surface area contributed by atoms with E-state index in [2.05, 4.69) is 50.4 Å². The summed E-state index contributed by atoms with van der Waals surface area (Å²) in [6.45, 7) is 3.72. The van der Waals surface area contributed by atoms with Crippen molar-refractivity contribution in [1.29, 1.82) is 0 Å². The number of rotatable bonds is 2. The Morgan fingerprint density at radius 1 is 1.28 bits per heavy atom. The molecule has 0 spiro atoms. The third-order valence-electron chi connectivity index (χ3n) is 3.23. The van der Waals surface area contributed by atoms with Crippen LogP contribution in [-0.4, -0.2) is 13.1 Å². The maximum atomic E-state index is 5.51. The summed E-state index contributed by atoms with van der Waals surface area (Å²) in [5.41, 5.74) is 2.64. The molecule has 0 radical (unpaired) electrons. The van der Waals surface area contributed by atoms with Gasteiger partial charge in [0.15, 0.2) is 0 Å². The Morgan fingerprint density at radius 2 is 2.17 bits per heavy atom. The molecule has 94 valence electrons. The van der Waals surface area contributed by atoms with Gasteiger partial charge >= 0.3 is 0 Å². The van der Waals surface area contributed by atoms with Gasteiger partial charge in [-0.3, -0.25) is 0 Å². The topological polar surface area (TPSA) is 28.4 Å². The highest BCUT2D eigenvalue weighted by Gasteiger charge is 2.16. The van der Waals surface area contributed by atoms with Gasteiger partial charge in [0.1, 0.15) is 5.76 Å². The molecular weight excluding hydrogens is 292 g/mol. The first-order chi connectivity index (χ1) is 8.84. The minimum Gasteiger partial charge on any atom is -0.466 e. The maximum Gasteiger partial charge on any atom is 0.137 e. The van der Waals surface area contributed by atoms with E-state index in [0.717, 1.165) is 36.4 Å². The Morgan fingerprint density at radius 3 is 3.00 bits per heavy atom. The van der Waals surface area contributed by atoms with Gasteiger partial charge in [-0.15, -0.1) is 0 Å². The minimum atomic E-state index is 0.798. The summed E-state index contributed by atoms with van der Waals surface area (Å²) in [6.07, 6.45) is 1.72. The first-order valence-corrected chi connectivity index (χ1v) is 6.89. The molecule has 0 aliphatic carbocycles. The van der Waals surface area contributed by atoms with Gasteiger partial charge < -0.3 is 14.6 Å². The van der Waals surface area contributed by atoms with Gasteiger partial charge in [-0.2, -0.15) is 0 Å². The number of hydrogen-bond donors (Lipinski definition) is 1. The molecule has 1 aromatic heterocycles. The molecule has 4 heteroatoms. The summed E-state index contributed by atoms with van der Waals surface area (Å²) in [6, 6.07) is 10.5. The maximum absolute atomic E-state index is 5.51. The second-order valence-corrected chi connectivity index (χ2v) is 5.27. The molecule has 0 amide bonds. The van der Waals surface area contributed by atoms with Gasteiger partial charge in [-0.05, 0) is 33.6 Å². The molecule has 0 fully saturated rings. The molecular formula is C14H15BrN2O. The Balaban J connectivity index is 1.90. The summed E-state index contributed by atoms with van der Waals surface area (Å²) in [5, 5.41) is 3.44. The molecule has 0 bridgehead atoms. The predicted octanol–water partition coefficient (Wildman–Crippen LogP) is 3.15. The SMILES string of the molecule is Brc1ccoc1CN1CCNCc2ccccc21. The summed E-state index contributed by atoms with van der Waals surface area (Å²) < 4.78 is 6.55. The van der Waals surface area contributed by atoms with Crippen molar-refractivity contribution in [3.8, 4) is 0 Å². The molecule has 1 N–H and O–H groups in total. The van der Waals surface area contributed by atoms with Gasteiger partial charge in [0.05, 0.1) is 17.3 Å². The van der Waals surface area contributed by atoms with Crippen LogP contribution in [0, 0.1) is 0 Å². The third kappa shape index (κ3) is 2.31. The predicted molar refractivity (Wildman–Crippen MR) is 75.6 cm³/mol. The second-order valence-electron chi connectivity index (χ2n) is 4.42. The van der Waals surface area contributed by atoms with E-state index in [-0.39, 0.29) is 0 Å².